The van der Waals surface area contributed by atoms with Gasteiger partial charge in [0.2, 0.25) is 10.0 Å². The quantitative estimate of drug-likeness (QED) is 0.550. The molecule has 0 bridgehead atoms. The maximum Gasteiger partial charge on any atom is 0.240 e. The minimum absolute atomic E-state index is 0.139. The minimum atomic E-state index is -3.51. The number of aromatic nitrogens is 1. The zero-order valence-corrected chi connectivity index (χ0v) is 17.3. The van der Waals surface area contributed by atoms with Crippen molar-refractivity contribution < 1.29 is 8.42 Å². The molecule has 3 N–H and O–H groups in total. The topological polar surface area (TPSA) is 74.0 Å². The fourth-order valence-electron chi connectivity index (χ4n) is 4.78. The number of nitrogens with one attached hydrogen (secondary N) is 3. The Morgan fingerprint density at radius 2 is 1.93 bits per heavy atom. The van der Waals surface area contributed by atoms with Gasteiger partial charge >= 0.3 is 0 Å². The summed E-state index contributed by atoms with van der Waals surface area (Å²) >= 11 is 0. The van der Waals surface area contributed by atoms with E-state index in [1.54, 1.807) is 6.07 Å². The van der Waals surface area contributed by atoms with Gasteiger partial charge in [0, 0.05) is 34.7 Å². The molecule has 3 atom stereocenters. The number of fused-ring (bicyclic) bond motifs is 4. The van der Waals surface area contributed by atoms with E-state index < -0.39 is 10.0 Å². The smallest absolute Gasteiger partial charge is 0.240 e. The average Bonchev–Trinajstić information content (AvgIpc) is 3.33. The van der Waals surface area contributed by atoms with E-state index in [2.05, 4.69) is 51.6 Å². The van der Waals surface area contributed by atoms with Gasteiger partial charge in [0.05, 0.1) is 10.9 Å². The molecule has 5 nitrogen and oxygen atoms in total. The van der Waals surface area contributed by atoms with Gasteiger partial charge in [-0.1, -0.05) is 30.4 Å². The van der Waals surface area contributed by atoms with Crippen LogP contribution in [0.15, 0.2) is 65.7 Å². The Bertz CT molecular complexity index is 1210. The maximum atomic E-state index is 12.7. The zero-order chi connectivity index (χ0) is 20.2. The van der Waals surface area contributed by atoms with E-state index in [-0.39, 0.29) is 18.0 Å². The summed E-state index contributed by atoms with van der Waals surface area (Å²) in [5.74, 6) is 0.567. The molecule has 1 aliphatic heterocycles. The first kappa shape index (κ1) is 18.5. The second-order valence-electron chi connectivity index (χ2n) is 8.29. The fourth-order valence-corrected chi connectivity index (χ4v) is 6.06. The van der Waals surface area contributed by atoms with Crippen molar-refractivity contribution in [3.63, 3.8) is 0 Å². The van der Waals surface area contributed by atoms with Gasteiger partial charge in [0.1, 0.15) is 0 Å². The number of H-pyrrole nitrogens is 1. The van der Waals surface area contributed by atoms with Gasteiger partial charge in [-0.15, -0.1) is 0 Å². The number of sulfonamides is 1. The van der Waals surface area contributed by atoms with E-state index in [9.17, 15) is 8.42 Å². The number of aromatic amines is 1. The Hall–Kier alpha value is -2.57. The Morgan fingerprint density at radius 3 is 2.76 bits per heavy atom. The predicted molar refractivity (Wildman–Crippen MR) is 117 cm³/mol. The van der Waals surface area contributed by atoms with Crippen LogP contribution in [-0.2, 0) is 10.0 Å². The van der Waals surface area contributed by atoms with Crippen LogP contribution < -0.4 is 10.0 Å². The van der Waals surface area contributed by atoms with Gasteiger partial charge in [-0.3, -0.25) is 0 Å². The van der Waals surface area contributed by atoms with E-state index in [0.717, 1.165) is 23.2 Å². The molecule has 0 radical (unpaired) electrons. The molecule has 3 unspecified atom stereocenters. The first-order chi connectivity index (χ1) is 13.9. The number of benzene rings is 2. The summed E-state index contributed by atoms with van der Waals surface area (Å²) in [6.07, 6.45) is 7.54. The van der Waals surface area contributed by atoms with Gasteiger partial charge in [0.15, 0.2) is 0 Å². The van der Waals surface area contributed by atoms with Gasteiger partial charge in [-0.2, -0.15) is 0 Å². The van der Waals surface area contributed by atoms with E-state index in [4.69, 9.17) is 0 Å². The van der Waals surface area contributed by atoms with Gasteiger partial charge < -0.3 is 10.3 Å². The van der Waals surface area contributed by atoms with Crippen molar-refractivity contribution in [1.82, 2.24) is 9.71 Å². The molecule has 0 fully saturated rings. The SMILES string of the molecule is CC(C)NS(=O)(=O)c1ccc2c(c1)C1C=CCC1C(c1c[nH]c3ccccc13)N2. The van der Waals surface area contributed by atoms with Crippen molar-refractivity contribution in [2.45, 2.75) is 43.2 Å². The van der Waals surface area contributed by atoms with Crippen molar-refractivity contribution in [3.8, 4) is 0 Å². The number of allylic oxidation sites excluding steroid dienone is 2. The highest BCUT2D eigenvalue weighted by Gasteiger charge is 2.39. The predicted octanol–water partition coefficient (Wildman–Crippen LogP) is 4.68. The first-order valence-corrected chi connectivity index (χ1v) is 11.6. The van der Waals surface area contributed by atoms with Crippen LogP contribution in [0.3, 0.4) is 0 Å². The second-order valence-corrected chi connectivity index (χ2v) is 10.0. The molecular weight excluding hydrogens is 382 g/mol. The number of anilines is 1. The third-order valence-corrected chi connectivity index (χ3v) is 7.65. The summed E-state index contributed by atoms with van der Waals surface area (Å²) in [7, 11) is -3.51. The zero-order valence-electron chi connectivity index (χ0n) is 16.5. The summed E-state index contributed by atoms with van der Waals surface area (Å²) in [5, 5.41) is 4.94. The van der Waals surface area contributed by atoms with Gasteiger partial charge in [0.25, 0.3) is 0 Å². The molecular formula is C23H25N3O2S. The summed E-state index contributed by atoms with van der Waals surface area (Å²) < 4.78 is 28.0. The highest BCUT2D eigenvalue weighted by Crippen LogP contribution is 2.51. The van der Waals surface area contributed by atoms with Crippen molar-refractivity contribution in [2.75, 3.05) is 5.32 Å². The molecule has 0 saturated carbocycles. The lowest BCUT2D eigenvalue weighted by molar-refractivity contribution is 0.427. The summed E-state index contributed by atoms with van der Waals surface area (Å²) in [4.78, 5) is 3.72. The average molecular weight is 408 g/mol. The maximum absolute atomic E-state index is 12.7. The molecule has 2 heterocycles. The van der Waals surface area contributed by atoms with E-state index in [1.165, 1.54) is 10.9 Å². The van der Waals surface area contributed by atoms with Gasteiger partial charge in [-0.05, 0) is 61.6 Å². The van der Waals surface area contributed by atoms with Crippen LogP contribution in [0.5, 0.6) is 0 Å². The highest BCUT2D eigenvalue weighted by molar-refractivity contribution is 7.89. The van der Waals surface area contributed by atoms with Crippen LogP contribution in [0.2, 0.25) is 0 Å². The molecule has 1 aliphatic carbocycles. The van der Waals surface area contributed by atoms with E-state index in [1.807, 2.05) is 32.0 Å². The lowest BCUT2D eigenvalue weighted by Crippen LogP contribution is -2.31. The molecule has 6 heteroatoms. The van der Waals surface area contributed by atoms with Crippen LogP contribution in [0.1, 0.15) is 43.4 Å². The molecule has 3 aromatic rings. The minimum Gasteiger partial charge on any atom is -0.378 e. The Balaban J connectivity index is 1.57. The number of para-hydroxylation sites is 1. The van der Waals surface area contributed by atoms with Crippen molar-refractivity contribution in [1.29, 1.82) is 0 Å². The van der Waals surface area contributed by atoms with Crippen LogP contribution in [0.25, 0.3) is 10.9 Å². The van der Waals surface area contributed by atoms with Crippen LogP contribution in [-0.4, -0.2) is 19.4 Å². The molecule has 1 aromatic heterocycles. The highest BCUT2D eigenvalue weighted by atomic mass is 32.2. The van der Waals surface area contributed by atoms with Crippen molar-refractivity contribution in [3.05, 3.63) is 71.9 Å². The van der Waals surface area contributed by atoms with Crippen molar-refractivity contribution in [2.24, 2.45) is 5.92 Å². The third kappa shape index (κ3) is 3.07. The lowest BCUT2D eigenvalue weighted by Gasteiger charge is -2.37. The standard InChI is InChI=1S/C23H25N3O2S/c1-14(2)26-29(27,28)15-10-11-22-19(12-15)16-7-5-8-18(16)23(25-22)20-13-24-21-9-4-3-6-17(20)21/h3-7,9-14,16,18,23-26H,8H2,1-2H3. The Labute approximate surface area is 171 Å². The van der Waals surface area contributed by atoms with Crippen LogP contribution >= 0.6 is 0 Å². The lowest BCUT2D eigenvalue weighted by atomic mass is 9.77. The molecule has 2 aromatic carbocycles. The third-order valence-electron chi connectivity index (χ3n) is 5.99. The molecule has 5 rings (SSSR count). The largest absolute Gasteiger partial charge is 0.378 e. The normalized spacial score (nSPS) is 23.2. The molecule has 0 spiro atoms. The number of rotatable bonds is 4. The molecule has 2 aliphatic rings. The molecule has 150 valence electrons. The van der Waals surface area contributed by atoms with Crippen molar-refractivity contribution >= 4 is 26.6 Å². The summed E-state index contributed by atoms with van der Waals surface area (Å²) in [6, 6.07) is 13.8. The fraction of sp³-hybridized carbons (Fsp3) is 0.304. The van der Waals surface area contributed by atoms with Crippen LogP contribution in [0, 0.1) is 5.92 Å². The Morgan fingerprint density at radius 1 is 1.10 bits per heavy atom. The first-order valence-electron chi connectivity index (χ1n) is 10.1. The number of hydrogen-bond acceptors (Lipinski definition) is 3. The molecule has 0 amide bonds. The second kappa shape index (κ2) is 6.75. The number of hydrogen-bond donors (Lipinski definition) is 3. The monoisotopic (exact) mass is 407 g/mol. The van der Waals surface area contributed by atoms with E-state index in [0.29, 0.717) is 10.8 Å². The summed E-state index contributed by atoms with van der Waals surface area (Å²) in [6.45, 7) is 3.66. The molecule has 29 heavy (non-hydrogen) atoms. The van der Waals surface area contributed by atoms with Crippen LogP contribution in [0.4, 0.5) is 5.69 Å². The summed E-state index contributed by atoms with van der Waals surface area (Å²) in [5.41, 5.74) is 4.48. The van der Waals surface area contributed by atoms with Gasteiger partial charge in [-0.25, -0.2) is 13.1 Å². The molecule has 0 saturated heterocycles. The Kier molecular flexibility index (Phi) is 4.29. The van der Waals surface area contributed by atoms with E-state index >= 15 is 0 Å².